The molecular weight excluding hydrogens is 273 g/mol. The van der Waals surface area contributed by atoms with Gasteiger partial charge in [0.15, 0.2) is 5.60 Å². The molecule has 1 heterocycles. The normalized spacial score (nSPS) is 22.4. The highest BCUT2D eigenvalue weighted by Crippen LogP contribution is 2.38. The van der Waals surface area contributed by atoms with Gasteiger partial charge in [0, 0.05) is 18.6 Å². The van der Waals surface area contributed by atoms with Crippen molar-refractivity contribution in [1.29, 1.82) is 0 Å². The Morgan fingerprint density at radius 2 is 1.70 bits per heavy atom. The monoisotopic (exact) mass is 296 g/mol. The van der Waals surface area contributed by atoms with Crippen LogP contribution in [0.25, 0.3) is 0 Å². The van der Waals surface area contributed by atoms with E-state index >= 15 is 0 Å². The minimum atomic E-state index is -4.62. The second kappa shape index (κ2) is 5.52. The molecule has 0 aromatic carbocycles. The highest BCUT2D eigenvalue weighted by molar-refractivity contribution is 5.81. The number of amides is 1. The van der Waals surface area contributed by atoms with Crippen LogP contribution in [-0.2, 0) is 4.79 Å². The van der Waals surface area contributed by atoms with E-state index in [9.17, 15) is 23.1 Å². The highest BCUT2D eigenvalue weighted by Gasteiger charge is 2.54. The summed E-state index contributed by atoms with van der Waals surface area (Å²) in [5.41, 5.74) is -3.00. The quantitative estimate of drug-likeness (QED) is 0.815. The van der Waals surface area contributed by atoms with Crippen molar-refractivity contribution in [2.24, 2.45) is 0 Å². The van der Waals surface area contributed by atoms with E-state index in [-0.39, 0.29) is 24.5 Å². The molecule has 1 saturated heterocycles. The molecule has 1 rings (SSSR count). The summed E-state index contributed by atoms with van der Waals surface area (Å²) < 4.78 is 38.1. The number of carbonyl (C=O) groups is 1. The Morgan fingerprint density at radius 3 is 2.05 bits per heavy atom. The van der Waals surface area contributed by atoms with Gasteiger partial charge in [-0.2, -0.15) is 13.2 Å². The first-order valence-corrected chi connectivity index (χ1v) is 6.71. The number of hydrogen-bond donors (Lipinski definition) is 2. The molecule has 20 heavy (non-hydrogen) atoms. The second-order valence-electron chi connectivity index (χ2n) is 6.48. The van der Waals surface area contributed by atoms with E-state index in [2.05, 4.69) is 5.32 Å². The number of carbonyl (C=O) groups excluding carboxylic acids is 1. The first-order chi connectivity index (χ1) is 8.86. The van der Waals surface area contributed by atoms with Crippen LogP contribution in [0.3, 0.4) is 0 Å². The lowest BCUT2D eigenvalue weighted by molar-refractivity contribution is -0.273. The Labute approximate surface area is 117 Å². The van der Waals surface area contributed by atoms with Gasteiger partial charge >= 0.3 is 6.18 Å². The Kier molecular flexibility index (Phi) is 4.76. The SMILES string of the molecule is CC(C(=O)NC(C)(C)C)N1CCC(O)(C(F)(F)F)CC1. The van der Waals surface area contributed by atoms with Crippen LogP contribution in [0.2, 0.25) is 0 Å². The van der Waals surface area contributed by atoms with Crippen LogP contribution in [0.4, 0.5) is 13.2 Å². The zero-order valence-electron chi connectivity index (χ0n) is 12.3. The van der Waals surface area contributed by atoms with Gasteiger partial charge in [-0.05, 0) is 40.5 Å². The van der Waals surface area contributed by atoms with E-state index in [1.165, 1.54) is 0 Å². The van der Waals surface area contributed by atoms with Crippen LogP contribution in [0.15, 0.2) is 0 Å². The lowest BCUT2D eigenvalue weighted by Gasteiger charge is -2.41. The predicted molar refractivity (Wildman–Crippen MR) is 69.2 cm³/mol. The zero-order chi connectivity index (χ0) is 15.8. The number of hydrogen-bond acceptors (Lipinski definition) is 3. The first kappa shape index (κ1) is 17.2. The van der Waals surface area contributed by atoms with Gasteiger partial charge in [0.1, 0.15) is 0 Å². The maximum absolute atomic E-state index is 12.7. The largest absolute Gasteiger partial charge is 0.417 e. The third kappa shape index (κ3) is 4.09. The molecule has 0 saturated carbocycles. The summed E-state index contributed by atoms with van der Waals surface area (Å²) in [6.07, 6.45) is -5.41. The molecule has 1 aliphatic rings. The number of halogens is 3. The van der Waals surface area contributed by atoms with Crippen molar-refractivity contribution in [3.63, 3.8) is 0 Å². The molecule has 0 spiro atoms. The van der Waals surface area contributed by atoms with E-state index in [0.717, 1.165) is 0 Å². The maximum atomic E-state index is 12.7. The van der Waals surface area contributed by atoms with Crippen molar-refractivity contribution in [1.82, 2.24) is 10.2 Å². The Bertz CT molecular complexity index is 356. The third-order valence-corrected chi connectivity index (χ3v) is 3.58. The fourth-order valence-corrected chi connectivity index (χ4v) is 2.20. The van der Waals surface area contributed by atoms with Crippen LogP contribution in [0.5, 0.6) is 0 Å². The fourth-order valence-electron chi connectivity index (χ4n) is 2.20. The van der Waals surface area contributed by atoms with Gasteiger partial charge in [-0.25, -0.2) is 0 Å². The van der Waals surface area contributed by atoms with Crippen molar-refractivity contribution in [3.8, 4) is 0 Å². The molecule has 1 atom stereocenters. The molecule has 2 N–H and O–H groups in total. The average Bonchev–Trinajstić information content (AvgIpc) is 2.25. The molecule has 0 bridgehead atoms. The molecule has 0 aromatic heterocycles. The van der Waals surface area contributed by atoms with E-state index in [4.69, 9.17) is 0 Å². The Balaban J connectivity index is 2.59. The number of piperidine rings is 1. The minimum absolute atomic E-state index is 0.0503. The van der Waals surface area contributed by atoms with E-state index in [0.29, 0.717) is 0 Å². The number of nitrogens with one attached hydrogen (secondary N) is 1. The molecule has 4 nitrogen and oxygen atoms in total. The minimum Gasteiger partial charge on any atom is -0.380 e. The second-order valence-corrected chi connectivity index (χ2v) is 6.48. The molecule has 1 amide bonds. The smallest absolute Gasteiger partial charge is 0.380 e. The van der Waals surface area contributed by atoms with E-state index in [1.54, 1.807) is 11.8 Å². The summed E-state index contributed by atoms with van der Waals surface area (Å²) >= 11 is 0. The first-order valence-electron chi connectivity index (χ1n) is 6.71. The Hall–Kier alpha value is -0.820. The summed E-state index contributed by atoms with van der Waals surface area (Å²) in [7, 11) is 0. The van der Waals surface area contributed by atoms with Crippen LogP contribution in [0.1, 0.15) is 40.5 Å². The summed E-state index contributed by atoms with van der Waals surface area (Å²) in [5, 5.41) is 12.4. The fraction of sp³-hybridized carbons (Fsp3) is 0.923. The molecule has 0 aromatic rings. The van der Waals surface area contributed by atoms with Crippen molar-refractivity contribution in [2.75, 3.05) is 13.1 Å². The molecule has 0 aliphatic carbocycles. The van der Waals surface area contributed by atoms with Gasteiger partial charge in [0.2, 0.25) is 5.91 Å². The Morgan fingerprint density at radius 1 is 1.25 bits per heavy atom. The third-order valence-electron chi connectivity index (χ3n) is 3.58. The van der Waals surface area contributed by atoms with Crippen molar-refractivity contribution in [3.05, 3.63) is 0 Å². The highest BCUT2D eigenvalue weighted by atomic mass is 19.4. The van der Waals surface area contributed by atoms with Gasteiger partial charge < -0.3 is 10.4 Å². The number of likely N-dealkylation sites (tertiary alicyclic amines) is 1. The molecule has 1 unspecified atom stereocenters. The molecule has 118 valence electrons. The van der Waals surface area contributed by atoms with Crippen LogP contribution in [-0.4, -0.2) is 52.4 Å². The lowest BCUT2D eigenvalue weighted by atomic mass is 9.90. The predicted octanol–water partition coefficient (Wildman–Crippen LogP) is 1.68. The topological polar surface area (TPSA) is 52.6 Å². The van der Waals surface area contributed by atoms with Gasteiger partial charge in [-0.1, -0.05) is 0 Å². The molecule has 0 radical (unpaired) electrons. The summed E-state index contributed by atoms with van der Waals surface area (Å²) in [6.45, 7) is 7.30. The van der Waals surface area contributed by atoms with Crippen molar-refractivity contribution < 1.29 is 23.1 Å². The number of alkyl halides is 3. The van der Waals surface area contributed by atoms with Gasteiger partial charge in [0.05, 0.1) is 6.04 Å². The number of rotatable bonds is 2. The summed E-state index contributed by atoms with van der Waals surface area (Å²) in [5.74, 6) is -0.213. The molecule has 1 fully saturated rings. The van der Waals surface area contributed by atoms with Crippen LogP contribution in [0, 0.1) is 0 Å². The molecule has 7 heteroatoms. The van der Waals surface area contributed by atoms with Crippen LogP contribution < -0.4 is 5.32 Å². The van der Waals surface area contributed by atoms with E-state index in [1.807, 2.05) is 20.8 Å². The van der Waals surface area contributed by atoms with Gasteiger partial charge in [-0.3, -0.25) is 9.69 Å². The standard InChI is InChI=1S/C13H23F3N2O2/c1-9(10(19)17-11(2,3)4)18-7-5-12(20,6-8-18)13(14,15)16/h9,20H,5-8H2,1-4H3,(H,17,19). The summed E-state index contributed by atoms with van der Waals surface area (Å²) in [4.78, 5) is 13.6. The van der Waals surface area contributed by atoms with E-state index < -0.39 is 30.7 Å². The number of aliphatic hydroxyl groups is 1. The molecular formula is C13H23F3N2O2. The van der Waals surface area contributed by atoms with Crippen molar-refractivity contribution in [2.45, 2.75) is 63.9 Å². The number of nitrogens with zero attached hydrogens (tertiary/aromatic N) is 1. The van der Waals surface area contributed by atoms with Crippen molar-refractivity contribution >= 4 is 5.91 Å². The molecule has 1 aliphatic heterocycles. The average molecular weight is 296 g/mol. The van der Waals surface area contributed by atoms with Gasteiger partial charge in [-0.15, -0.1) is 0 Å². The summed E-state index contributed by atoms with van der Waals surface area (Å²) in [6, 6.07) is -0.507. The zero-order valence-corrected chi connectivity index (χ0v) is 12.3. The van der Waals surface area contributed by atoms with Crippen LogP contribution >= 0.6 is 0 Å². The van der Waals surface area contributed by atoms with Gasteiger partial charge in [0.25, 0.3) is 0 Å². The maximum Gasteiger partial charge on any atom is 0.417 e. The lowest BCUT2D eigenvalue weighted by Crippen LogP contribution is -2.58.